The molecule has 2 aromatic carbocycles. The van der Waals surface area contributed by atoms with Crippen LogP contribution in [0.2, 0.25) is 0 Å². The number of unbranched alkanes of at least 4 members (excludes halogenated alkanes) is 2. The molecule has 0 fully saturated rings. The first-order chi connectivity index (χ1) is 11.3. The third kappa shape index (κ3) is 3.47. The lowest BCUT2D eigenvalue weighted by molar-refractivity contribution is 0.678. The SMILES string of the molecule is CCCCN(CCCC)c1ccc2c(ccc3cnccc32)c1. The van der Waals surface area contributed by atoms with E-state index in [0.717, 1.165) is 13.1 Å². The number of hydrogen-bond acceptors (Lipinski definition) is 2. The van der Waals surface area contributed by atoms with Gasteiger partial charge in [-0.25, -0.2) is 0 Å². The second-order valence-corrected chi connectivity index (χ2v) is 6.26. The molecule has 0 saturated carbocycles. The van der Waals surface area contributed by atoms with Crippen LogP contribution in [0.5, 0.6) is 0 Å². The Bertz CT molecular complexity index is 771. The molecule has 0 N–H and O–H groups in total. The highest BCUT2D eigenvalue weighted by molar-refractivity contribution is 6.07. The number of rotatable bonds is 7. The lowest BCUT2D eigenvalue weighted by Gasteiger charge is -2.25. The van der Waals surface area contributed by atoms with E-state index in [1.54, 1.807) is 0 Å². The number of anilines is 1. The zero-order valence-electron chi connectivity index (χ0n) is 14.3. The Balaban J connectivity index is 1.98. The van der Waals surface area contributed by atoms with E-state index in [2.05, 4.69) is 60.1 Å². The van der Waals surface area contributed by atoms with E-state index in [1.807, 2.05) is 12.4 Å². The van der Waals surface area contributed by atoms with Crippen LogP contribution in [0.4, 0.5) is 5.69 Å². The van der Waals surface area contributed by atoms with Crippen molar-refractivity contribution >= 4 is 27.2 Å². The van der Waals surface area contributed by atoms with Gasteiger partial charge in [0.2, 0.25) is 0 Å². The Labute approximate surface area is 139 Å². The molecule has 0 atom stereocenters. The molecule has 2 heteroatoms. The van der Waals surface area contributed by atoms with Gasteiger partial charge in [0.1, 0.15) is 0 Å². The fourth-order valence-electron chi connectivity index (χ4n) is 3.16. The highest BCUT2D eigenvalue weighted by Gasteiger charge is 2.08. The van der Waals surface area contributed by atoms with Crippen LogP contribution >= 0.6 is 0 Å². The Morgan fingerprint density at radius 1 is 0.826 bits per heavy atom. The Morgan fingerprint density at radius 3 is 2.26 bits per heavy atom. The molecule has 0 saturated heterocycles. The molecule has 0 unspecified atom stereocenters. The smallest absolute Gasteiger partial charge is 0.0372 e. The van der Waals surface area contributed by atoms with Crippen molar-refractivity contribution in [2.45, 2.75) is 39.5 Å². The maximum atomic E-state index is 4.22. The van der Waals surface area contributed by atoms with Crippen molar-refractivity contribution in [3.63, 3.8) is 0 Å². The molecule has 0 aliphatic carbocycles. The summed E-state index contributed by atoms with van der Waals surface area (Å²) in [5, 5.41) is 5.14. The molecule has 0 spiro atoms. The lowest BCUT2D eigenvalue weighted by atomic mass is 10.0. The van der Waals surface area contributed by atoms with Gasteiger partial charge in [0.25, 0.3) is 0 Å². The Morgan fingerprint density at radius 2 is 1.52 bits per heavy atom. The summed E-state index contributed by atoms with van der Waals surface area (Å²) in [6, 6.07) is 13.4. The standard InChI is InChI=1S/C21H26N2/c1-3-5-13-23(14-6-4-2)19-9-10-20-17(15-19)7-8-18-16-22-12-11-21(18)20/h7-12,15-16H,3-6,13-14H2,1-2H3. The van der Waals surface area contributed by atoms with Gasteiger partial charge in [0.15, 0.2) is 0 Å². The van der Waals surface area contributed by atoms with E-state index in [-0.39, 0.29) is 0 Å². The van der Waals surface area contributed by atoms with Crippen molar-refractivity contribution in [2.75, 3.05) is 18.0 Å². The highest BCUT2D eigenvalue weighted by Crippen LogP contribution is 2.28. The quantitative estimate of drug-likeness (QED) is 0.513. The summed E-state index contributed by atoms with van der Waals surface area (Å²) >= 11 is 0. The van der Waals surface area contributed by atoms with Crippen LogP contribution in [0, 0.1) is 0 Å². The zero-order valence-corrected chi connectivity index (χ0v) is 14.3. The monoisotopic (exact) mass is 306 g/mol. The molecule has 0 aliphatic rings. The molecule has 1 aromatic heterocycles. The largest absolute Gasteiger partial charge is 0.372 e. The summed E-state index contributed by atoms with van der Waals surface area (Å²) in [7, 11) is 0. The first-order valence-electron chi connectivity index (χ1n) is 8.85. The zero-order chi connectivity index (χ0) is 16.1. The number of pyridine rings is 1. The molecular weight excluding hydrogens is 280 g/mol. The minimum absolute atomic E-state index is 1.15. The number of nitrogens with zero attached hydrogens (tertiary/aromatic N) is 2. The molecule has 23 heavy (non-hydrogen) atoms. The third-order valence-electron chi connectivity index (χ3n) is 4.55. The van der Waals surface area contributed by atoms with Crippen molar-refractivity contribution in [1.82, 2.24) is 4.98 Å². The summed E-state index contributed by atoms with van der Waals surface area (Å²) < 4.78 is 0. The predicted octanol–water partition coefficient (Wildman–Crippen LogP) is 5.79. The molecule has 0 amide bonds. The molecular formula is C21H26N2. The van der Waals surface area contributed by atoms with Gasteiger partial charge in [0, 0.05) is 36.6 Å². The van der Waals surface area contributed by atoms with Gasteiger partial charge < -0.3 is 4.90 Å². The molecule has 3 rings (SSSR count). The average molecular weight is 306 g/mol. The van der Waals surface area contributed by atoms with E-state index in [0.29, 0.717) is 0 Å². The van der Waals surface area contributed by atoms with Crippen molar-refractivity contribution in [2.24, 2.45) is 0 Å². The maximum Gasteiger partial charge on any atom is 0.0372 e. The highest BCUT2D eigenvalue weighted by atomic mass is 15.1. The predicted molar refractivity (Wildman–Crippen MR) is 101 cm³/mol. The number of aromatic nitrogens is 1. The summed E-state index contributed by atoms with van der Waals surface area (Å²) in [5.41, 5.74) is 1.35. The fraction of sp³-hybridized carbons (Fsp3) is 0.381. The van der Waals surface area contributed by atoms with Crippen molar-refractivity contribution in [3.8, 4) is 0 Å². The minimum atomic E-state index is 1.15. The fourth-order valence-corrected chi connectivity index (χ4v) is 3.16. The summed E-state index contributed by atoms with van der Waals surface area (Å²) in [5.74, 6) is 0. The average Bonchev–Trinajstić information content (AvgIpc) is 2.61. The van der Waals surface area contributed by atoms with Crippen LogP contribution in [0.25, 0.3) is 21.5 Å². The third-order valence-corrected chi connectivity index (χ3v) is 4.55. The van der Waals surface area contributed by atoms with Crippen molar-refractivity contribution < 1.29 is 0 Å². The summed E-state index contributed by atoms with van der Waals surface area (Å²) in [4.78, 5) is 6.77. The normalized spacial score (nSPS) is 11.2. The Kier molecular flexibility index (Phi) is 5.12. The van der Waals surface area contributed by atoms with Crippen LogP contribution in [-0.4, -0.2) is 18.1 Å². The molecule has 3 aromatic rings. The van der Waals surface area contributed by atoms with Gasteiger partial charge in [-0.2, -0.15) is 0 Å². The van der Waals surface area contributed by atoms with Crippen molar-refractivity contribution in [3.05, 3.63) is 48.8 Å². The topological polar surface area (TPSA) is 16.1 Å². The number of benzene rings is 2. The first-order valence-corrected chi connectivity index (χ1v) is 8.85. The lowest BCUT2D eigenvalue weighted by Crippen LogP contribution is -2.25. The van der Waals surface area contributed by atoms with Crippen LogP contribution < -0.4 is 4.90 Å². The van der Waals surface area contributed by atoms with E-state index in [1.165, 1.54) is 52.9 Å². The molecule has 2 nitrogen and oxygen atoms in total. The van der Waals surface area contributed by atoms with E-state index < -0.39 is 0 Å². The van der Waals surface area contributed by atoms with Crippen LogP contribution in [0.15, 0.2) is 48.8 Å². The van der Waals surface area contributed by atoms with Crippen LogP contribution in [0.1, 0.15) is 39.5 Å². The molecule has 0 bridgehead atoms. The minimum Gasteiger partial charge on any atom is -0.372 e. The van der Waals surface area contributed by atoms with E-state index >= 15 is 0 Å². The molecule has 0 aliphatic heterocycles. The van der Waals surface area contributed by atoms with Gasteiger partial charge in [-0.05, 0) is 47.2 Å². The van der Waals surface area contributed by atoms with Gasteiger partial charge >= 0.3 is 0 Å². The second kappa shape index (κ2) is 7.45. The van der Waals surface area contributed by atoms with Gasteiger partial charge in [-0.15, -0.1) is 0 Å². The maximum absolute atomic E-state index is 4.22. The summed E-state index contributed by atoms with van der Waals surface area (Å²) in [6.45, 7) is 6.83. The van der Waals surface area contributed by atoms with E-state index in [4.69, 9.17) is 0 Å². The van der Waals surface area contributed by atoms with Gasteiger partial charge in [-0.1, -0.05) is 44.9 Å². The molecule has 0 radical (unpaired) electrons. The number of hydrogen-bond donors (Lipinski definition) is 0. The number of fused-ring (bicyclic) bond motifs is 3. The van der Waals surface area contributed by atoms with Crippen molar-refractivity contribution in [1.29, 1.82) is 0 Å². The van der Waals surface area contributed by atoms with Gasteiger partial charge in [-0.3, -0.25) is 4.98 Å². The summed E-state index contributed by atoms with van der Waals surface area (Å²) in [6.07, 6.45) is 8.82. The second-order valence-electron chi connectivity index (χ2n) is 6.26. The van der Waals surface area contributed by atoms with Gasteiger partial charge in [0.05, 0.1) is 0 Å². The van der Waals surface area contributed by atoms with Crippen LogP contribution in [0.3, 0.4) is 0 Å². The Hall–Kier alpha value is -2.09. The first kappa shape index (κ1) is 15.8. The molecule has 120 valence electrons. The van der Waals surface area contributed by atoms with E-state index in [9.17, 15) is 0 Å². The van der Waals surface area contributed by atoms with Crippen LogP contribution in [-0.2, 0) is 0 Å². The molecule has 1 heterocycles.